The van der Waals surface area contributed by atoms with Crippen LogP contribution >= 0.6 is 0 Å². The Morgan fingerprint density at radius 1 is 0.453 bits per heavy atom. The van der Waals surface area contributed by atoms with Gasteiger partial charge in [-0.15, -0.1) is 0 Å². The summed E-state index contributed by atoms with van der Waals surface area (Å²) in [6, 6.07) is 75.0. The summed E-state index contributed by atoms with van der Waals surface area (Å²) in [5.74, 6) is 0.835. The van der Waals surface area contributed by atoms with Crippen molar-refractivity contribution in [1.29, 1.82) is 0 Å². The number of aromatic nitrogens is 2. The second-order valence-corrected chi connectivity index (χ2v) is 16.6. The summed E-state index contributed by atoms with van der Waals surface area (Å²) >= 11 is 0. The van der Waals surface area contributed by atoms with E-state index in [4.69, 9.17) is 14.4 Å². The van der Waals surface area contributed by atoms with E-state index in [1.54, 1.807) is 0 Å². The third kappa shape index (κ3) is 5.92. The molecule has 6 nitrogen and oxygen atoms in total. The SMILES string of the molecule is c1ccc(-c2nc3ccccc3c3c2ccc2c4cc(-c5cccc(C6=NC(c7ccc8c(c7)c7ccccc7n8-c7ccccc7)NC(c7ccccc7)N6)c5)ccc4oc23)cc1. The minimum atomic E-state index is -0.300. The van der Waals surface area contributed by atoms with Crippen molar-refractivity contribution < 1.29 is 4.42 Å². The zero-order valence-corrected chi connectivity index (χ0v) is 34.6. The molecule has 0 spiro atoms. The number of rotatable bonds is 6. The van der Waals surface area contributed by atoms with Crippen LogP contribution in [-0.4, -0.2) is 15.4 Å². The molecule has 0 radical (unpaired) electrons. The summed E-state index contributed by atoms with van der Waals surface area (Å²) in [4.78, 5) is 10.6. The highest BCUT2D eigenvalue weighted by Crippen LogP contribution is 2.42. The van der Waals surface area contributed by atoms with Crippen LogP contribution in [0.4, 0.5) is 0 Å². The molecule has 0 amide bonds. The van der Waals surface area contributed by atoms with Crippen LogP contribution in [0.15, 0.2) is 222 Å². The first-order chi connectivity index (χ1) is 31.7. The van der Waals surface area contributed by atoms with E-state index >= 15 is 0 Å². The lowest BCUT2D eigenvalue weighted by molar-refractivity contribution is 0.409. The molecule has 0 bridgehead atoms. The Bertz CT molecular complexity index is 3800. The van der Waals surface area contributed by atoms with Gasteiger partial charge in [-0.2, -0.15) is 0 Å². The molecule has 0 fully saturated rings. The summed E-state index contributed by atoms with van der Waals surface area (Å²) in [7, 11) is 0. The maximum absolute atomic E-state index is 6.79. The minimum Gasteiger partial charge on any atom is -0.455 e. The minimum absolute atomic E-state index is 0.166. The molecular weight excluding hydrogens is 783 g/mol. The van der Waals surface area contributed by atoms with E-state index in [0.29, 0.717) is 0 Å². The molecule has 0 aliphatic carbocycles. The van der Waals surface area contributed by atoms with E-state index < -0.39 is 0 Å². The molecule has 2 unspecified atom stereocenters. The van der Waals surface area contributed by atoms with Crippen LogP contribution in [0.25, 0.3) is 93.5 Å². The van der Waals surface area contributed by atoms with Gasteiger partial charge >= 0.3 is 0 Å². The number of pyridine rings is 1. The maximum Gasteiger partial charge on any atom is 0.144 e. The summed E-state index contributed by atoms with van der Waals surface area (Å²) in [5.41, 5.74) is 13.7. The van der Waals surface area contributed by atoms with Crippen molar-refractivity contribution in [3.05, 3.63) is 229 Å². The molecule has 0 saturated carbocycles. The third-order valence-corrected chi connectivity index (χ3v) is 12.8. The van der Waals surface area contributed by atoms with Crippen LogP contribution < -0.4 is 10.6 Å². The summed E-state index contributed by atoms with van der Waals surface area (Å²) in [6.45, 7) is 0. The van der Waals surface area contributed by atoms with E-state index in [1.807, 2.05) is 12.1 Å². The van der Waals surface area contributed by atoms with E-state index in [2.05, 4.69) is 215 Å². The molecule has 12 aromatic rings. The quantitative estimate of drug-likeness (QED) is 0.164. The largest absolute Gasteiger partial charge is 0.455 e. The molecule has 1 aliphatic rings. The number of nitrogens with zero attached hydrogens (tertiary/aromatic N) is 3. The first-order valence-corrected chi connectivity index (χ1v) is 21.8. The Morgan fingerprint density at radius 3 is 2.00 bits per heavy atom. The number of nitrogens with one attached hydrogen (secondary N) is 2. The number of para-hydroxylation sites is 3. The fourth-order valence-corrected chi connectivity index (χ4v) is 9.82. The van der Waals surface area contributed by atoms with Gasteiger partial charge in [-0.05, 0) is 82.9 Å². The van der Waals surface area contributed by atoms with Crippen molar-refractivity contribution in [3.63, 3.8) is 0 Å². The molecule has 64 heavy (non-hydrogen) atoms. The smallest absolute Gasteiger partial charge is 0.144 e. The van der Waals surface area contributed by atoms with Gasteiger partial charge in [0.15, 0.2) is 0 Å². The van der Waals surface area contributed by atoms with Crippen LogP contribution in [0, 0.1) is 0 Å². The number of furan rings is 1. The number of benzene rings is 9. The molecular formula is C58H39N5O. The van der Waals surface area contributed by atoms with Gasteiger partial charge < -0.3 is 14.3 Å². The fraction of sp³-hybridized carbons (Fsp3) is 0.0345. The lowest BCUT2D eigenvalue weighted by Crippen LogP contribution is -2.44. The molecule has 9 aromatic carbocycles. The van der Waals surface area contributed by atoms with Crippen molar-refractivity contribution in [2.24, 2.45) is 4.99 Å². The molecule has 2 atom stereocenters. The van der Waals surface area contributed by atoms with Crippen LogP contribution in [0.5, 0.6) is 0 Å². The number of hydrogen-bond donors (Lipinski definition) is 2. The highest BCUT2D eigenvalue weighted by atomic mass is 16.3. The normalized spacial score (nSPS) is 15.3. The zero-order chi connectivity index (χ0) is 42.1. The average molecular weight is 822 g/mol. The van der Waals surface area contributed by atoms with Gasteiger partial charge in [0, 0.05) is 54.5 Å². The maximum atomic E-state index is 6.79. The van der Waals surface area contributed by atoms with Crippen molar-refractivity contribution >= 4 is 71.3 Å². The Labute approximate surface area is 368 Å². The molecule has 2 N–H and O–H groups in total. The standard InChI is InChI=1S/C58H39N5O/c1-4-15-36(16-5-1)54-46-30-29-44-48-34-39(28-32-52(48)64-55(44)53(46)45-24-10-12-25-49(45)59-54)38-19-14-20-40(33-38)57-60-56(37-17-6-2-7-18-37)61-58(62-57)41-27-31-51-47(35-41)43-23-11-13-26-50(43)63(51)42-21-8-3-9-22-42/h1-35,56,58,61H,(H,60,62). The molecule has 1 aliphatic heterocycles. The Morgan fingerprint density at radius 2 is 1.14 bits per heavy atom. The van der Waals surface area contributed by atoms with Crippen molar-refractivity contribution in [3.8, 4) is 28.1 Å². The molecule has 0 saturated heterocycles. The second-order valence-electron chi connectivity index (χ2n) is 16.6. The third-order valence-electron chi connectivity index (χ3n) is 12.8. The monoisotopic (exact) mass is 821 g/mol. The molecule has 6 heteroatoms. The highest BCUT2D eigenvalue weighted by molar-refractivity contribution is 6.25. The summed E-state index contributed by atoms with van der Waals surface area (Å²) < 4.78 is 9.14. The van der Waals surface area contributed by atoms with Gasteiger partial charge in [0.25, 0.3) is 0 Å². The second kappa shape index (κ2) is 14.7. The van der Waals surface area contributed by atoms with Crippen molar-refractivity contribution in [1.82, 2.24) is 20.2 Å². The van der Waals surface area contributed by atoms with Gasteiger partial charge in [-0.3, -0.25) is 5.32 Å². The van der Waals surface area contributed by atoms with E-state index in [-0.39, 0.29) is 12.3 Å². The molecule has 13 rings (SSSR count). The number of aliphatic imine (C=N–C) groups is 1. The number of fused-ring (bicyclic) bond motifs is 10. The van der Waals surface area contributed by atoms with Gasteiger partial charge in [0.1, 0.15) is 29.3 Å². The predicted octanol–water partition coefficient (Wildman–Crippen LogP) is 14.1. The van der Waals surface area contributed by atoms with E-state index in [0.717, 1.165) is 94.2 Å². The average Bonchev–Trinajstić information content (AvgIpc) is 3.92. The zero-order valence-electron chi connectivity index (χ0n) is 34.6. The Kier molecular flexibility index (Phi) is 8.32. The summed E-state index contributed by atoms with van der Waals surface area (Å²) in [5, 5.41) is 15.4. The van der Waals surface area contributed by atoms with Crippen LogP contribution in [0.3, 0.4) is 0 Å². The number of hydrogen-bond acceptors (Lipinski definition) is 5. The topological polar surface area (TPSA) is 67.4 Å². The highest BCUT2D eigenvalue weighted by Gasteiger charge is 2.27. The first kappa shape index (κ1) is 36.3. The van der Waals surface area contributed by atoms with Crippen LogP contribution in [-0.2, 0) is 0 Å². The van der Waals surface area contributed by atoms with Gasteiger partial charge in [0.05, 0.1) is 22.2 Å². The van der Waals surface area contributed by atoms with Crippen molar-refractivity contribution in [2.75, 3.05) is 0 Å². The predicted molar refractivity (Wildman–Crippen MR) is 263 cm³/mol. The lowest BCUT2D eigenvalue weighted by atomic mass is 9.97. The lowest BCUT2D eigenvalue weighted by Gasteiger charge is -2.32. The first-order valence-electron chi connectivity index (χ1n) is 21.8. The van der Waals surface area contributed by atoms with Gasteiger partial charge in [-0.25, -0.2) is 9.98 Å². The molecule has 3 aromatic heterocycles. The molecule has 4 heterocycles. The number of amidine groups is 1. The summed E-state index contributed by atoms with van der Waals surface area (Å²) in [6.07, 6.45) is -0.466. The fourth-order valence-electron chi connectivity index (χ4n) is 9.82. The van der Waals surface area contributed by atoms with Crippen LogP contribution in [0.2, 0.25) is 0 Å². The molecule has 302 valence electrons. The Balaban J connectivity index is 0.916. The van der Waals surface area contributed by atoms with Crippen molar-refractivity contribution in [2.45, 2.75) is 12.3 Å². The van der Waals surface area contributed by atoms with Gasteiger partial charge in [-0.1, -0.05) is 152 Å². The van der Waals surface area contributed by atoms with Crippen LogP contribution in [0.1, 0.15) is 29.0 Å². The van der Waals surface area contributed by atoms with E-state index in [9.17, 15) is 0 Å². The van der Waals surface area contributed by atoms with Gasteiger partial charge in [0.2, 0.25) is 0 Å². The Hall–Kier alpha value is -8.32. The van der Waals surface area contributed by atoms with E-state index in [1.165, 1.54) is 21.8 Å².